The molecule has 1 aromatic heterocycles. The zero-order chi connectivity index (χ0) is 10.8. The molecule has 0 atom stereocenters. The molecule has 0 bridgehead atoms. The quantitative estimate of drug-likeness (QED) is 0.734. The molecule has 0 fully saturated rings. The van der Waals surface area contributed by atoms with Crippen LogP contribution in [0.15, 0.2) is 12.3 Å². The summed E-state index contributed by atoms with van der Waals surface area (Å²) in [6.45, 7) is 10.9. The van der Waals surface area contributed by atoms with Crippen molar-refractivity contribution < 1.29 is 0 Å². The van der Waals surface area contributed by atoms with Gasteiger partial charge in [-0.2, -0.15) is 0 Å². The van der Waals surface area contributed by atoms with Crippen molar-refractivity contribution in [1.82, 2.24) is 9.97 Å². The van der Waals surface area contributed by atoms with Crippen molar-refractivity contribution >= 4 is 0 Å². The molecule has 0 unspecified atom stereocenters. The third-order valence-corrected chi connectivity index (χ3v) is 2.77. The van der Waals surface area contributed by atoms with Crippen molar-refractivity contribution in [3.8, 4) is 0 Å². The lowest BCUT2D eigenvalue weighted by atomic mass is 9.86. The second-order valence-electron chi connectivity index (χ2n) is 4.69. The van der Waals surface area contributed by atoms with E-state index in [-0.39, 0.29) is 5.41 Å². The molecule has 78 valence electrons. The molecule has 2 heteroatoms. The van der Waals surface area contributed by atoms with Gasteiger partial charge in [-0.3, -0.25) is 0 Å². The van der Waals surface area contributed by atoms with E-state index in [1.807, 2.05) is 12.3 Å². The minimum atomic E-state index is 0.159. The van der Waals surface area contributed by atoms with Crippen molar-refractivity contribution in [3.05, 3.63) is 23.8 Å². The fraction of sp³-hybridized carbons (Fsp3) is 0.667. The number of hydrogen-bond acceptors (Lipinski definition) is 2. The summed E-state index contributed by atoms with van der Waals surface area (Å²) in [4.78, 5) is 8.88. The van der Waals surface area contributed by atoms with E-state index in [2.05, 4.69) is 44.6 Å². The summed E-state index contributed by atoms with van der Waals surface area (Å²) >= 11 is 0. The van der Waals surface area contributed by atoms with Gasteiger partial charge in [-0.15, -0.1) is 0 Å². The van der Waals surface area contributed by atoms with Gasteiger partial charge in [0.15, 0.2) is 0 Å². The van der Waals surface area contributed by atoms with Crippen LogP contribution in [0, 0.1) is 0 Å². The van der Waals surface area contributed by atoms with Crippen molar-refractivity contribution in [2.24, 2.45) is 0 Å². The molecule has 0 aromatic carbocycles. The maximum absolute atomic E-state index is 4.60. The molecule has 0 aliphatic carbocycles. The summed E-state index contributed by atoms with van der Waals surface area (Å²) in [7, 11) is 0. The topological polar surface area (TPSA) is 25.8 Å². The van der Waals surface area contributed by atoms with E-state index in [1.54, 1.807) is 0 Å². The van der Waals surface area contributed by atoms with Crippen molar-refractivity contribution in [1.29, 1.82) is 0 Å². The lowest BCUT2D eigenvalue weighted by Crippen LogP contribution is -2.18. The summed E-state index contributed by atoms with van der Waals surface area (Å²) < 4.78 is 0. The molecule has 0 saturated carbocycles. The van der Waals surface area contributed by atoms with Crippen LogP contribution in [0.4, 0.5) is 0 Å². The van der Waals surface area contributed by atoms with E-state index in [0.717, 1.165) is 17.9 Å². The second kappa shape index (κ2) is 4.07. The summed E-state index contributed by atoms with van der Waals surface area (Å²) in [5.74, 6) is 1.35. The molecular formula is C12H20N2. The van der Waals surface area contributed by atoms with Crippen LogP contribution < -0.4 is 0 Å². The summed E-state index contributed by atoms with van der Waals surface area (Å²) in [5.41, 5.74) is 1.31. The number of rotatable bonds is 3. The largest absolute Gasteiger partial charge is 0.241 e. The van der Waals surface area contributed by atoms with Crippen LogP contribution in [0.1, 0.15) is 58.5 Å². The molecule has 0 saturated heterocycles. The fourth-order valence-electron chi connectivity index (χ4n) is 1.21. The molecule has 1 heterocycles. The zero-order valence-electron chi connectivity index (χ0n) is 9.83. The normalized spacial score (nSPS) is 12.1. The first-order chi connectivity index (χ1) is 6.47. The Labute approximate surface area is 86.8 Å². The minimum absolute atomic E-state index is 0.159. The summed E-state index contributed by atoms with van der Waals surface area (Å²) in [5, 5.41) is 0. The van der Waals surface area contributed by atoms with Crippen LogP contribution in [0.5, 0.6) is 0 Å². The minimum Gasteiger partial charge on any atom is -0.241 e. The predicted octanol–water partition coefficient (Wildman–Crippen LogP) is 3.29. The average Bonchev–Trinajstić information content (AvgIpc) is 2.18. The van der Waals surface area contributed by atoms with E-state index in [4.69, 9.17) is 0 Å². The third-order valence-electron chi connectivity index (χ3n) is 2.77. The average molecular weight is 192 g/mol. The van der Waals surface area contributed by atoms with Crippen molar-refractivity contribution in [2.45, 2.75) is 52.4 Å². The fourth-order valence-corrected chi connectivity index (χ4v) is 1.21. The highest BCUT2D eigenvalue weighted by Gasteiger charge is 2.20. The van der Waals surface area contributed by atoms with Crippen LogP contribution in [0.2, 0.25) is 0 Å². The first-order valence-electron chi connectivity index (χ1n) is 5.31. The summed E-state index contributed by atoms with van der Waals surface area (Å²) in [6.07, 6.45) is 2.97. The molecule has 0 amide bonds. The Balaban J connectivity index is 3.05. The van der Waals surface area contributed by atoms with E-state index in [0.29, 0.717) is 5.92 Å². The lowest BCUT2D eigenvalue weighted by molar-refractivity contribution is 0.484. The molecule has 0 aliphatic heterocycles. The van der Waals surface area contributed by atoms with Gasteiger partial charge in [0.1, 0.15) is 5.82 Å². The monoisotopic (exact) mass is 192 g/mol. The summed E-state index contributed by atoms with van der Waals surface area (Å²) in [6, 6.07) is 2.02. The molecule has 14 heavy (non-hydrogen) atoms. The van der Waals surface area contributed by atoms with Gasteiger partial charge >= 0.3 is 0 Å². The molecular weight excluding hydrogens is 172 g/mol. The zero-order valence-corrected chi connectivity index (χ0v) is 9.83. The van der Waals surface area contributed by atoms with Crippen LogP contribution in [0.3, 0.4) is 0 Å². The highest BCUT2D eigenvalue weighted by molar-refractivity contribution is 5.14. The van der Waals surface area contributed by atoms with Gasteiger partial charge in [0.25, 0.3) is 0 Å². The van der Waals surface area contributed by atoms with Gasteiger partial charge in [-0.1, -0.05) is 34.6 Å². The van der Waals surface area contributed by atoms with Crippen LogP contribution >= 0.6 is 0 Å². The molecule has 0 spiro atoms. The highest BCUT2D eigenvalue weighted by atomic mass is 14.9. The standard InChI is InChI=1S/C12H20N2/c1-6-12(4,5)10-7-8-13-11(14-10)9(2)3/h7-9H,6H2,1-5H3. The maximum Gasteiger partial charge on any atom is 0.131 e. The molecule has 0 radical (unpaired) electrons. The first kappa shape index (κ1) is 11.2. The van der Waals surface area contributed by atoms with E-state index in [9.17, 15) is 0 Å². The first-order valence-corrected chi connectivity index (χ1v) is 5.31. The van der Waals surface area contributed by atoms with E-state index >= 15 is 0 Å². The number of nitrogens with zero attached hydrogens (tertiary/aromatic N) is 2. The van der Waals surface area contributed by atoms with Gasteiger partial charge in [-0.25, -0.2) is 9.97 Å². The number of hydrogen-bond donors (Lipinski definition) is 0. The molecule has 2 nitrogen and oxygen atoms in total. The molecule has 0 aliphatic rings. The van der Waals surface area contributed by atoms with Gasteiger partial charge in [-0.05, 0) is 12.5 Å². The van der Waals surface area contributed by atoms with Crippen LogP contribution in [-0.2, 0) is 5.41 Å². The van der Waals surface area contributed by atoms with Crippen LogP contribution in [-0.4, -0.2) is 9.97 Å². The van der Waals surface area contributed by atoms with Gasteiger partial charge in [0, 0.05) is 23.2 Å². The maximum atomic E-state index is 4.60. The Bertz CT molecular complexity index is 303. The Morgan fingerprint density at radius 2 is 2.00 bits per heavy atom. The second-order valence-corrected chi connectivity index (χ2v) is 4.69. The molecule has 1 aromatic rings. The smallest absolute Gasteiger partial charge is 0.131 e. The van der Waals surface area contributed by atoms with Crippen molar-refractivity contribution in [2.75, 3.05) is 0 Å². The van der Waals surface area contributed by atoms with Gasteiger partial charge in [0.2, 0.25) is 0 Å². The Kier molecular flexibility index (Phi) is 3.25. The SMILES string of the molecule is CCC(C)(C)c1ccnc(C(C)C)n1. The Hall–Kier alpha value is -0.920. The van der Waals surface area contributed by atoms with Crippen LogP contribution in [0.25, 0.3) is 0 Å². The van der Waals surface area contributed by atoms with E-state index in [1.165, 1.54) is 0 Å². The highest BCUT2D eigenvalue weighted by Crippen LogP contribution is 2.25. The van der Waals surface area contributed by atoms with Gasteiger partial charge < -0.3 is 0 Å². The van der Waals surface area contributed by atoms with E-state index < -0.39 is 0 Å². The predicted molar refractivity (Wildman–Crippen MR) is 59.4 cm³/mol. The Morgan fingerprint density at radius 3 is 2.50 bits per heavy atom. The Morgan fingerprint density at radius 1 is 1.36 bits per heavy atom. The third kappa shape index (κ3) is 2.31. The van der Waals surface area contributed by atoms with Crippen molar-refractivity contribution in [3.63, 3.8) is 0 Å². The number of aromatic nitrogens is 2. The molecule has 0 N–H and O–H groups in total. The lowest BCUT2D eigenvalue weighted by Gasteiger charge is -2.22. The van der Waals surface area contributed by atoms with Gasteiger partial charge in [0.05, 0.1) is 0 Å². The molecule has 1 rings (SSSR count).